The van der Waals surface area contributed by atoms with Gasteiger partial charge in [-0.3, -0.25) is 9.59 Å². The molecule has 0 aliphatic carbocycles. The van der Waals surface area contributed by atoms with Crippen molar-refractivity contribution in [3.63, 3.8) is 0 Å². The van der Waals surface area contributed by atoms with Crippen molar-refractivity contribution in [2.45, 2.75) is 26.2 Å². The van der Waals surface area contributed by atoms with E-state index < -0.39 is 5.91 Å². The first-order chi connectivity index (χ1) is 13.9. The van der Waals surface area contributed by atoms with E-state index in [0.29, 0.717) is 18.0 Å². The highest BCUT2D eigenvalue weighted by Gasteiger charge is 2.30. The lowest BCUT2D eigenvalue weighted by atomic mass is 9.87. The van der Waals surface area contributed by atoms with E-state index in [1.165, 1.54) is 0 Å². The molecule has 2 amide bonds. The van der Waals surface area contributed by atoms with Crippen molar-refractivity contribution in [1.29, 1.82) is 0 Å². The van der Waals surface area contributed by atoms with Crippen LogP contribution in [-0.2, 0) is 9.59 Å². The number of carbonyl (C=O) groups excluding carboxylic acids is 2. The first-order valence-corrected chi connectivity index (χ1v) is 9.39. The molecule has 0 saturated carbocycles. The van der Waals surface area contributed by atoms with E-state index in [9.17, 15) is 9.59 Å². The van der Waals surface area contributed by atoms with Crippen LogP contribution < -0.4 is 15.8 Å². The molecule has 0 spiro atoms. The second-order valence-corrected chi connectivity index (χ2v) is 7.28. The first-order valence-electron chi connectivity index (χ1n) is 9.39. The van der Waals surface area contributed by atoms with Gasteiger partial charge < -0.3 is 15.8 Å². The summed E-state index contributed by atoms with van der Waals surface area (Å²) in [6.45, 7) is 3.88. The number of aromatic nitrogens is 2. The zero-order chi connectivity index (χ0) is 20.5. The van der Waals surface area contributed by atoms with E-state index in [1.54, 1.807) is 16.8 Å². The Labute approximate surface area is 168 Å². The van der Waals surface area contributed by atoms with Crippen LogP contribution in [-0.4, -0.2) is 28.2 Å². The number of nitrogens with one attached hydrogen (secondary N) is 1. The number of primary amides is 1. The van der Waals surface area contributed by atoms with Crippen molar-refractivity contribution in [1.82, 2.24) is 9.78 Å². The Morgan fingerprint density at radius 1 is 1.24 bits per heavy atom. The summed E-state index contributed by atoms with van der Waals surface area (Å²) < 4.78 is 7.11. The number of aryl methyl sites for hydroxylation is 2. The maximum atomic E-state index is 12.5. The van der Waals surface area contributed by atoms with Crippen molar-refractivity contribution in [2.75, 3.05) is 11.9 Å². The molecule has 3 aromatic rings. The number of amides is 2. The molecule has 1 aliphatic heterocycles. The highest BCUT2D eigenvalue weighted by molar-refractivity contribution is 5.94. The number of nitrogens with zero attached hydrogens (tertiary/aromatic N) is 2. The van der Waals surface area contributed by atoms with E-state index in [1.807, 2.05) is 38.2 Å². The van der Waals surface area contributed by atoms with Gasteiger partial charge in [0.15, 0.2) is 6.61 Å². The summed E-state index contributed by atoms with van der Waals surface area (Å²) in [5, 5.41) is 7.56. The number of benzene rings is 2. The number of ether oxygens (including phenoxy) is 1. The minimum Gasteiger partial charge on any atom is -0.484 e. The molecule has 1 aromatic heterocycles. The van der Waals surface area contributed by atoms with Crippen LogP contribution in [0.2, 0.25) is 0 Å². The monoisotopic (exact) mass is 390 g/mol. The molecule has 1 unspecified atom stereocenters. The zero-order valence-corrected chi connectivity index (χ0v) is 16.3. The highest BCUT2D eigenvalue weighted by Crippen LogP contribution is 2.38. The van der Waals surface area contributed by atoms with Gasteiger partial charge in [0, 0.05) is 17.9 Å². The zero-order valence-electron chi connectivity index (χ0n) is 16.3. The summed E-state index contributed by atoms with van der Waals surface area (Å²) in [6.07, 6.45) is 2.16. The molecule has 0 radical (unpaired) electrons. The third kappa shape index (κ3) is 3.71. The Morgan fingerprint density at radius 2 is 2.00 bits per heavy atom. The van der Waals surface area contributed by atoms with Crippen molar-refractivity contribution in [3.8, 4) is 11.4 Å². The number of nitrogens with two attached hydrogens (primary N) is 1. The van der Waals surface area contributed by atoms with E-state index >= 15 is 0 Å². The molecule has 148 valence electrons. The van der Waals surface area contributed by atoms with Gasteiger partial charge in [-0.2, -0.15) is 5.10 Å². The SMILES string of the molecule is Cc1ccc(C)c(-n2ncc3c2NC(=O)CC3c2ccc(OCC(N)=O)cc2)c1. The summed E-state index contributed by atoms with van der Waals surface area (Å²) >= 11 is 0. The summed E-state index contributed by atoms with van der Waals surface area (Å²) in [7, 11) is 0. The summed E-state index contributed by atoms with van der Waals surface area (Å²) in [5.74, 6) is 0.570. The molecule has 0 fully saturated rings. The molecule has 2 heterocycles. The quantitative estimate of drug-likeness (QED) is 0.700. The summed E-state index contributed by atoms with van der Waals surface area (Å²) in [4.78, 5) is 23.3. The van der Waals surface area contributed by atoms with Crippen molar-refractivity contribution in [2.24, 2.45) is 5.73 Å². The third-order valence-corrected chi connectivity index (χ3v) is 5.08. The molecule has 29 heavy (non-hydrogen) atoms. The fourth-order valence-corrected chi connectivity index (χ4v) is 3.60. The van der Waals surface area contributed by atoms with Gasteiger partial charge in [-0.05, 0) is 48.7 Å². The maximum Gasteiger partial charge on any atom is 0.255 e. The molecule has 1 aliphatic rings. The van der Waals surface area contributed by atoms with Gasteiger partial charge in [-0.25, -0.2) is 4.68 Å². The second kappa shape index (κ2) is 7.43. The van der Waals surface area contributed by atoms with Gasteiger partial charge in [0.2, 0.25) is 5.91 Å². The Balaban J connectivity index is 1.69. The maximum absolute atomic E-state index is 12.5. The van der Waals surface area contributed by atoms with E-state index in [2.05, 4.69) is 22.5 Å². The summed E-state index contributed by atoms with van der Waals surface area (Å²) in [5.41, 5.74) is 10.2. The second-order valence-electron chi connectivity index (χ2n) is 7.28. The lowest BCUT2D eigenvalue weighted by molar-refractivity contribution is -0.120. The normalized spacial score (nSPS) is 15.5. The standard InChI is InChI=1S/C22H22N4O3/c1-13-3-4-14(2)19(9-13)26-22-18(11-24-26)17(10-21(28)25-22)15-5-7-16(8-6-15)29-12-20(23)27/h3-9,11,17H,10,12H2,1-2H3,(H2,23,27)(H,25,28). The number of hydrogen-bond donors (Lipinski definition) is 2. The molecule has 0 saturated heterocycles. The minimum atomic E-state index is -0.526. The Kier molecular flexibility index (Phi) is 4.80. The van der Waals surface area contributed by atoms with Crippen molar-refractivity contribution < 1.29 is 14.3 Å². The largest absolute Gasteiger partial charge is 0.484 e. The molecule has 3 N–H and O–H groups in total. The van der Waals surface area contributed by atoms with Crippen LogP contribution in [0.15, 0.2) is 48.7 Å². The van der Waals surface area contributed by atoms with E-state index in [0.717, 1.165) is 27.9 Å². The predicted octanol–water partition coefficient (Wildman–Crippen LogP) is 2.83. The Bertz CT molecular complexity index is 1090. The van der Waals surface area contributed by atoms with Gasteiger partial charge in [-0.15, -0.1) is 0 Å². The third-order valence-electron chi connectivity index (χ3n) is 5.08. The lowest BCUT2D eigenvalue weighted by Crippen LogP contribution is -2.24. The van der Waals surface area contributed by atoms with E-state index in [-0.39, 0.29) is 18.4 Å². The van der Waals surface area contributed by atoms with Crippen molar-refractivity contribution >= 4 is 17.6 Å². The smallest absolute Gasteiger partial charge is 0.255 e. The van der Waals surface area contributed by atoms with Crippen LogP contribution in [0.1, 0.15) is 34.6 Å². The van der Waals surface area contributed by atoms with Crippen molar-refractivity contribution in [3.05, 3.63) is 70.9 Å². The Morgan fingerprint density at radius 3 is 2.72 bits per heavy atom. The molecular weight excluding hydrogens is 368 g/mol. The van der Waals surface area contributed by atoms with Gasteiger partial charge in [0.25, 0.3) is 5.91 Å². The number of rotatable bonds is 5. The van der Waals surface area contributed by atoms with Crippen LogP contribution in [0.3, 0.4) is 0 Å². The topological polar surface area (TPSA) is 99.2 Å². The molecule has 7 nitrogen and oxygen atoms in total. The molecule has 1 atom stereocenters. The van der Waals surface area contributed by atoms with Crippen LogP contribution in [0.5, 0.6) is 5.75 Å². The van der Waals surface area contributed by atoms with E-state index in [4.69, 9.17) is 10.5 Å². The van der Waals surface area contributed by atoms with Gasteiger partial charge in [0.05, 0.1) is 11.9 Å². The highest BCUT2D eigenvalue weighted by atomic mass is 16.5. The fraction of sp³-hybridized carbons (Fsp3) is 0.227. The lowest BCUT2D eigenvalue weighted by Gasteiger charge is -2.24. The number of fused-ring (bicyclic) bond motifs is 1. The summed E-state index contributed by atoms with van der Waals surface area (Å²) in [6, 6.07) is 13.5. The van der Waals surface area contributed by atoms with Crippen LogP contribution >= 0.6 is 0 Å². The van der Waals surface area contributed by atoms with Crippen LogP contribution in [0.25, 0.3) is 5.69 Å². The minimum absolute atomic E-state index is 0.0522. The first kappa shape index (κ1) is 18.7. The van der Waals surface area contributed by atoms with Crippen LogP contribution in [0, 0.1) is 13.8 Å². The predicted molar refractivity (Wildman–Crippen MR) is 109 cm³/mol. The van der Waals surface area contributed by atoms with Crippen LogP contribution in [0.4, 0.5) is 5.82 Å². The average Bonchev–Trinajstić information content (AvgIpc) is 3.11. The number of anilines is 1. The Hall–Kier alpha value is -3.61. The number of carbonyl (C=O) groups is 2. The van der Waals surface area contributed by atoms with Gasteiger partial charge >= 0.3 is 0 Å². The molecule has 0 bridgehead atoms. The molecular formula is C22H22N4O3. The van der Waals surface area contributed by atoms with Gasteiger partial charge in [0.1, 0.15) is 11.6 Å². The average molecular weight is 390 g/mol. The molecule has 7 heteroatoms. The fourth-order valence-electron chi connectivity index (χ4n) is 3.60. The molecule has 2 aromatic carbocycles. The molecule has 4 rings (SSSR count). The number of hydrogen-bond acceptors (Lipinski definition) is 4. The van der Waals surface area contributed by atoms with Gasteiger partial charge in [-0.1, -0.05) is 24.3 Å².